The number of hydrogen-bond donors (Lipinski definition) is 0. The molecule has 1 aliphatic rings. The van der Waals surface area contributed by atoms with E-state index in [0.29, 0.717) is 0 Å². The van der Waals surface area contributed by atoms with Gasteiger partial charge in [-0.15, -0.1) is 0 Å². The van der Waals surface area contributed by atoms with Gasteiger partial charge in [0.15, 0.2) is 0 Å². The van der Waals surface area contributed by atoms with Gasteiger partial charge in [-0.3, -0.25) is 4.98 Å². The summed E-state index contributed by atoms with van der Waals surface area (Å²) in [6.07, 6.45) is 3.78. The fourth-order valence-electron chi connectivity index (χ4n) is 4.66. The Morgan fingerprint density at radius 3 is 2.55 bits per heavy atom. The van der Waals surface area contributed by atoms with Crippen molar-refractivity contribution in [2.24, 2.45) is 0 Å². The zero-order chi connectivity index (χ0) is 21.2. The average molecular weight is 408 g/mol. The molecule has 0 radical (unpaired) electrons. The van der Waals surface area contributed by atoms with Gasteiger partial charge >= 0.3 is 0 Å². The molecule has 3 heterocycles. The van der Waals surface area contributed by atoms with Crippen molar-refractivity contribution in [1.82, 2.24) is 14.9 Å². The Labute approximate surface area is 184 Å². The van der Waals surface area contributed by atoms with Crippen molar-refractivity contribution in [3.05, 3.63) is 84.1 Å². The largest absolute Gasteiger partial charge is 0.300 e. The monoisotopic (exact) mass is 407 g/mol. The molecular formula is C28H29N3. The predicted octanol–water partition coefficient (Wildman–Crippen LogP) is 6.30. The third kappa shape index (κ3) is 4.38. The molecule has 31 heavy (non-hydrogen) atoms. The van der Waals surface area contributed by atoms with Gasteiger partial charge in [0.2, 0.25) is 0 Å². The van der Waals surface area contributed by atoms with E-state index >= 15 is 0 Å². The number of benzene rings is 2. The van der Waals surface area contributed by atoms with Crippen molar-refractivity contribution in [1.29, 1.82) is 0 Å². The normalized spacial score (nSPS) is 16.8. The van der Waals surface area contributed by atoms with Crippen molar-refractivity contribution in [2.45, 2.75) is 39.2 Å². The van der Waals surface area contributed by atoms with Gasteiger partial charge in [0, 0.05) is 34.8 Å². The van der Waals surface area contributed by atoms with E-state index in [1.54, 1.807) is 0 Å². The molecule has 156 valence electrons. The maximum absolute atomic E-state index is 4.97. The molecule has 0 saturated carbocycles. The SMILES string of the molecule is Cc1cc(-c2ccc3cc(CCN4CCC[C@H]4C)ccc3n2)cc(-c2ccccc2)n1. The minimum atomic E-state index is 0.731. The molecular weight excluding hydrogens is 378 g/mol. The number of aromatic nitrogens is 2. The van der Waals surface area contributed by atoms with E-state index in [0.717, 1.165) is 52.7 Å². The molecule has 2 aromatic heterocycles. The Bertz CT molecular complexity index is 1200. The van der Waals surface area contributed by atoms with E-state index in [2.05, 4.69) is 78.6 Å². The summed E-state index contributed by atoms with van der Waals surface area (Å²) in [7, 11) is 0. The fraction of sp³-hybridized carbons (Fsp3) is 0.286. The van der Waals surface area contributed by atoms with Crippen molar-refractivity contribution in [2.75, 3.05) is 13.1 Å². The van der Waals surface area contributed by atoms with Gasteiger partial charge in [-0.25, -0.2) is 4.98 Å². The average Bonchev–Trinajstić information content (AvgIpc) is 3.22. The van der Waals surface area contributed by atoms with E-state index in [4.69, 9.17) is 9.97 Å². The highest BCUT2D eigenvalue weighted by molar-refractivity contribution is 5.82. The van der Waals surface area contributed by atoms with Crippen LogP contribution in [0.25, 0.3) is 33.4 Å². The highest BCUT2D eigenvalue weighted by Crippen LogP contribution is 2.27. The van der Waals surface area contributed by atoms with Crippen LogP contribution >= 0.6 is 0 Å². The molecule has 4 aromatic rings. The van der Waals surface area contributed by atoms with Crippen LogP contribution in [0.4, 0.5) is 0 Å². The number of aryl methyl sites for hydroxylation is 1. The second-order valence-electron chi connectivity index (χ2n) is 8.75. The van der Waals surface area contributed by atoms with E-state index in [-0.39, 0.29) is 0 Å². The van der Waals surface area contributed by atoms with Crippen molar-refractivity contribution in [3.8, 4) is 22.5 Å². The zero-order valence-electron chi connectivity index (χ0n) is 18.4. The minimum absolute atomic E-state index is 0.731. The number of fused-ring (bicyclic) bond motifs is 1. The summed E-state index contributed by atoms with van der Waals surface area (Å²) in [5.74, 6) is 0. The Morgan fingerprint density at radius 1 is 0.871 bits per heavy atom. The van der Waals surface area contributed by atoms with Gasteiger partial charge in [0.25, 0.3) is 0 Å². The summed E-state index contributed by atoms with van der Waals surface area (Å²) in [6, 6.07) is 26.4. The maximum atomic E-state index is 4.97. The summed E-state index contributed by atoms with van der Waals surface area (Å²) in [5.41, 5.74) is 7.67. The smallest absolute Gasteiger partial charge is 0.0711 e. The lowest BCUT2D eigenvalue weighted by Crippen LogP contribution is -2.28. The standard InChI is InChI=1S/C28H29N3/c1-20-17-25(19-28(29-20)23-8-4-3-5-9-23)27-13-11-24-18-22(10-12-26(24)30-27)14-16-31-15-6-7-21(31)2/h3-5,8-13,17-19,21H,6-7,14-16H2,1-2H3/t21-/m1/s1. The van der Waals surface area contributed by atoms with Crippen LogP contribution in [0.2, 0.25) is 0 Å². The fourth-order valence-corrected chi connectivity index (χ4v) is 4.66. The van der Waals surface area contributed by atoms with E-state index in [9.17, 15) is 0 Å². The Hall–Kier alpha value is -3.04. The van der Waals surface area contributed by atoms with Gasteiger partial charge in [0.05, 0.1) is 16.9 Å². The first kappa shape index (κ1) is 19.9. The molecule has 0 spiro atoms. The lowest BCUT2D eigenvalue weighted by Gasteiger charge is -2.20. The van der Waals surface area contributed by atoms with E-state index in [1.165, 1.54) is 30.3 Å². The second kappa shape index (κ2) is 8.60. The van der Waals surface area contributed by atoms with Gasteiger partial charge < -0.3 is 4.90 Å². The van der Waals surface area contributed by atoms with Crippen LogP contribution in [0.1, 0.15) is 31.0 Å². The quantitative estimate of drug-likeness (QED) is 0.389. The first-order valence-corrected chi connectivity index (χ1v) is 11.3. The summed E-state index contributed by atoms with van der Waals surface area (Å²) in [5, 5.41) is 1.21. The second-order valence-corrected chi connectivity index (χ2v) is 8.75. The molecule has 0 aliphatic carbocycles. The minimum Gasteiger partial charge on any atom is -0.300 e. The molecule has 0 N–H and O–H groups in total. The lowest BCUT2D eigenvalue weighted by atomic mass is 10.0. The number of likely N-dealkylation sites (tertiary alicyclic amines) is 1. The van der Waals surface area contributed by atoms with Crippen LogP contribution in [0.15, 0.2) is 72.8 Å². The Balaban J connectivity index is 1.40. The highest BCUT2D eigenvalue weighted by atomic mass is 15.2. The summed E-state index contributed by atoms with van der Waals surface area (Å²) in [6.45, 7) is 6.79. The lowest BCUT2D eigenvalue weighted by molar-refractivity contribution is 0.272. The van der Waals surface area contributed by atoms with Crippen LogP contribution < -0.4 is 0 Å². The summed E-state index contributed by atoms with van der Waals surface area (Å²) < 4.78 is 0. The Morgan fingerprint density at radius 2 is 1.74 bits per heavy atom. The number of rotatable bonds is 5. The Kier molecular flexibility index (Phi) is 5.52. The molecule has 0 unspecified atom stereocenters. The molecule has 3 nitrogen and oxygen atoms in total. The van der Waals surface area contributed by atoms with Gasteiger partial charge in [-0.05, 0) is 75.5 Å². The molecule has 2 aromatic carbocycles. The molecule has 1 aliphatic heterocycles. The molecule has 3 heteroatoms. The molecule has 1 fully saturated rings. The van der Waals surface area contributed by atoms with Crippen LogP contribution in [0.5, 0.6) is 0 Å². The number of hydrogen-bond acceptors (Lipinski definition) is 3. The third-order valence-electron chi connectivity index (χ3n) is 6.45. The molecule has 1 saturated heterocycles. The molecule has 0 amide bonds. The van der Waals surface area contributed by atoms with Gasteiger partial charge in [-0.1, -0.05) is 42.5 Å². The van der Waals surface area contributed by atoms with Crippen LogP contribution in [0, 0.1) is 6.92 Å². The van der Waals surface area contributed by atoms with Gasteiger partial charge in [0.1, 0.15) is 0 Å². The first-order valence-electron chi connectivity index (χ1n) is 11.3. The summed E-state index contributed by atoms with van der Waals surface area (Å²) in [4.78, 5) is 12.3. The highest BCUT2D eigenvalue weighted by Gasteiger charge is 2.19. The third-order valence-corrected chi connectivity index (χ3v) is 6.45. The van der Waals surface area contributed by atoms with Crippen molar-refractivity contribution < 1.29 is 0 Å². The van der Waals surface area contributed by atoms with Crippen molar-refractivity contribution in [3.63, 3.8) is 0 Å². The van der Waals surface area contributed by atoms with Crippen molar-refractivity contribution >= 4 is 10.9 Å². The topological polar surface area (TPSA) is 29.0 Å². The summed E-state index contributed by atoms with van der Waals surface area (Å²) >= 11 is 0. The molecule has 0 bridgehead atoms. The molecule has 5 rings (SSSR count). The number of nitrogens with zero attached hydrogens (tertiary/aromatic N) is 3. The van der Waals surface area contributed by atoms with E-state index in [1.807, 2.05) is 13.0 Å². The van der Waals surface area contributed by atoms with Crippen LogP contribution in [-0.4, -0.2) is 34.0 Å². The predicted molar refractivity (Wildman–Crippen MR) is 129 cm³/mol. The van der Waals surface area contributed by atoms with E-state index < -0.39 is 0 Å². The van der Waals surface area contributed by atoms with Gasteiger partial charge in [-0.2, -0.15) is 0 Å². The number of pyridine rings is 2. The zero-order valence-corrected chi connectivity index (χ0v) is 18.4. The van der Waals surface area contributed by atoms with Crippen LogP contribution in [0.3, 0.4) is 0 Å². The maximum Gasteiger partial charge on any atom is 0.0711 e. The van der Waals surface area contributed by atoms with Crippen LogP contribution in [-0.2, 0) is 6.42 Å². The first-order chi connectivity index (χ1) is 15.2. The molecule has 1 atom stereocenters.